The molecular formula is C13H23NO4. The van der Waals surface area contributed by atoms with E-state index >= 15 is 0 Å². The standard InChI is InChI=1S/C13H23NO4/c1-6-9-7-10(11(15)17-5)14(8-9)12(16)18-13(2,3)4/h9-10H,6-8H2,1-5H3. The third kappa shape index (κ3) is 3.62. The van der Waals surface area contributed by atoms with Gasteiger partial charge >= 0.3 is 12.1 Å². The number of carbonyl (C=O) groups is 2. The highest BCUT2D eigenvalue weighted by Gasteiger charge is 2.41. The van der Waals surface area contributed by atoms with E-state index < -0.39 is 17.7 Å². The summed E-state index contributed by atoms with van der Waals surface area (Å²) in [5.41, 5.74) is -0.554. The number of esters is 1. The third-order valence-electron chi connectivity index (χ3n) is 3.07. The summed E-state index contributed by atoms with van der Waals surface area (Å²) in [6.45, 7) is 8.05. The zero-order valence-electron chi connectivity index (χ0n) is 11.9. The maximum atomic E-state index is 12.0. The van der Waals surface area contributed by atoms with E-state index in [1.54, 1.807) is 0 Å². The van der Waals surface area contributed by atoms with Gasteiger partial charge in [-0.1, -0.05) is 13.3 Å². The third-order valence-corrected chi connectivity index (χ3v) is 3.07. The largest absolute Gasteiger partial charge is 0.467 e. The van der Waals surface area contributed by atoms with E-state index in [4.69, 9.17) is 9.47 Å². The van der Waals surface area contributed by atoms with Gasteiger partial charge in [0.2, 0.25) is 0 Å². The van der Waals surface area contributed by atoms with Crippen molar-refractivity contribution in [2.24, 2.45) is 5.92 Å². The zero-order chi connectivity index (χ0) is 13.9. The van der Waals surface area contributed by atoms with E-state index in [0.717, 1.165) is 6.42 Å². The van der Waals surface area contributed by atoms with Crippen molar-refractivity contribution in [3.63, 3.8) is 0 Å². The fourth-order valence-electron chi connectivity index (χ4n) is 2.10. The molecule has 0 aromatic heterocycles. The van der Waals surface area contributed by atoms with Gasteiger partial charge in [0.15, 0.2) is 0 Å². The second kappa shape index (κ2) is 5.59. The van der Waals surface area contributed by atoms with Gasteiger partial charge in [-0.15, -0.1) is 0 Å². The average Bonchev–Trinajstić information content (AvgIpc) is 2.69. The van der Waals surface area contributed by atoms with Gasteiger partial charge in [0.05, 0.1) is 7.11 Å². The van der Waals surface area contributed by atoms with Crippen molar-refractivity contribution in [3.8, 4) is 0 Å². The Kier molecular flexibility index (Phi) is 4.59. The predicted octanol–water partition coefficient (Wildman–Crippen LogP) is 2.20. The summed E-state index contributed by atoms with van der Waals surface area (Å²) in [5.74, 6) is -0.0292. The molecule has 2 unspecified atom stereocenters. The van der Waals surface area contributed by atoms with Crippen molar-refractivity contribution in [1.29, 1.82) is 0 Å². The Hall–Kier alpha value is -1.26. The molecule has 0 aromatic rings. The summed E-state index contributed by atoms with van der Waals surface area (Å²) < 4.78 is 10.1. The fourth-order valence-corrected chi connectivity index (χ4v) is 2.10. The molecule has 5 nitrogen and oxygen atoms in total. The van der Waals surface area contributed by atoms with Crippen LogP contribution in [0, 0.1) is 5.92 Å². The molecule has 1 heterocycles. The highest BCUT2D eigenvalue weighted by molar-refractivity contribution is 5.82. The number of likely N-dealkylation sites (tertiary alicyclic amines) is 1. The molecule has 0 saturated carbocycles. The number of carbonyl (C=O) groups excluding carboxylic acids is 2. The van der Waals surface area contributed by atoms with Gasteiger partial charge in [-0.25, -0.2) is 9.59 Å². The first kappa shape index (κ1) is 14.8. The van der Waals surface area contributed by atoms with Crippen LogP contribution in [0.25, 0.3) is 0 Å². The van der Waals surface area contributed by atoms with E-state index in [1.807, 2.05) is 20.8 Å². The lowest BCUT2D eigenvalue weighted by molar-refractivity contribution is -0.145. The minimum Gasteiger partial charge on any atom is -0.467 e. The molecule has 1 saturated heterocycles. The lowest BCUT2D eigenvalue weighted by Crippen LogP contribution is -2.43. The summed E-state index contributed by atoms with van der Waals surface area (Å²) in [4.78, 5) is 25.2. The quantitative estimate of drug-likeness (QED) is 0.712. The van der Waals surface area contributed by atoms with Crippen LogP contribution < -0.4 is 0 Å². The second-order valence-corrected chi connectivity index (χ2v) is 5.68. The summed E-state index contributed by atoms with van der Waals surface area (Å²) in [6.07, 6.45) is 1.16. The van der Waals surface area contributed by atoms with Crippen molar-refractivity contribution < 1.29 is 19.1 Å². The minimum atomic E-state index is -0.554. The van der Waals surface area contributed by atoms with Crippen molar-refractivity contribution in [2.45, 2.75) is 52.2 Å². The summed E-state index contributed by atoms with van der Waals surface area (Å²) in [6, 6.07) is -0.505. The number of amides is 1. The highest BCUT2D eigenvalue weighted by Crippen LogP contribution is 2.28. The Balaban J connectivity index is 2.77. The topological polar surface area (TPSA) is 55.8 Å². The summed E-state index contributed by atoms with van der Waals surface area (Å²) in [7, 11) is 1.34. The molecule has 1 aliphatic rings. The predicted molar refractivity (Wildman–Crippen MR) is 67.1 cm³/mol. The molecule has 0 aromatic carbocycles. The van der Waals surface area contributed by atoms with Crippen LogP contribution in [0.5, 0.6) is 0 Å². The fraction of sp³-hybridized carbons (Fsp3) is 0.846. The first-order chi connectivity index (χ1) is 8.28. The molecule has 0 radical (unpaired) electrons. The van der Waals surface area contributed by atoms with Gasteiger partial charge in [-0.2, -0.15) is 0 Å². The average molecular weight is 257 g/mol. The smallest absolute Gasteiger partial charge is 0.411 e. The molecule has 0 spiro atoms. The minimum absolute atomic E-state index is 0.335. The maximum absolute atomic E-state index is 12.0. The molecule has 18 heavy (non-hydrogen) atoms. The van der Waals surface area contributed by atoms with Crippen molar-refractivity contribution >= 4 is 12.1 Å². The van der Waals surface area contributed by atoms with Crippen LogP contribution in [-0.4, -0.2) is 42.3 Å². The van der Waals surface area contributed by atoms with Gasteiger partial charge in [-0.05, 0) is 33.1 Å². The number of hydrogen-bond acceptors (Lipinski definition) is 4. The van der Waals surface area contributed by atoms with Crippen molar-refractivity contribution in [3.05, 3.63) is 0 Å². The number of hydrogen-bond donors (Lipinski definition) is 0. The number of nitrogens with zero attached hydrogens (tertiary/aromatic N) is 1. The Bertz CT molecular complexity index is 321. The van der Waals surface area contributed by atoms with Crippen LogP contribution in [0.1, 0.15) is 40.5 Å². The Labute approximate surface area is 108 Å². The zero-order valence-corrected chi connectivity index (χ0v) is 11.9. The van der Waals surface area contributed by atoms with Crippen LogP contribution in [0.2, 0.25) is 0 Å². The van der Waals surface area contributed by atoms with Crippen molar-refractivity contribution in [1.82, 2.24) is 4.90 Å². The molecular weight excluding hydrogens is 234 g/mol. The van der Waals surface area contributed by atoms with Gasteiger partial charge in [0.1, 0.15) is 11.6 Å². The Morgan fingerprint density at radius 1 is 1.33 bits per heavy atom. The monoisotopic (exact) mass is 257 g/mol. The lowest BCUT2D eigenvalue weighted by atomic mass is 10.0. The number of methoxy groups -OCH3 is 1. The molecule has 1 fully saturated rings. The number of ether oxygens (including phenoxy) is 2. The van der Waals surface area contributed by atoms with Crippen LogP contribution in [-0.2, 0) is 14.3 Å². The summed E-state index contributed by atoms with van der Waals surface area (Å²) >= 11 is 0. The first-order valence-electron chi connectivity index (χ1n) is 6.36. The lowest BCUT2D eigenvalue weighted by Gasteiger charge is -2.27. The first-order valence-corrected chi connectivity index (χ1v) is 6.36. The SMILES string of the molecule is CCC1CC(C(=O)OC)N(C(=O)OC(C)(C)C)C1. The Morgan fingerprint density at radius 2 is 1.94 bits per heavy atom. The molecule has 1 amide bonds. The summed E-state index contributed by atoms with van der Waals surface area (Å²) in [5, 5.41) is 0. The highest BCUT2D eigenvalue weighted by atomic mass is 16.6. The maximum Gasteiger partial charge on any atom is 0.411 e. The van der Waals surface area contributed by atoms with E-state index in [-0.39, 0.29) is 5.97 Å². The molecule has 0 bridgehead atoms. The normalized spacial score (nSPS) is 23.9. The van der Waals surface area contributed by atoms with E-state index in [9.17, 15) is 9.59 Å². The van der Waals surface area contributed by atoms with Gasteiger partial charge in [0.25, 0.3) is 0 Å². The van der Waals surface area contributed by atoms with Gasteiger partial charge < -0.3 is 9.47 Å². The van der Waals surface area contributed by atoms with Crippen LogP contribution in [0.15, 0.2) is 0 Å². The van der Waals surface area contributed by atoms with Crippen molar-refractivity contribution in [2.75, 3.05) is 13.7 Å². The second-order valence-electron chi connectivity index (χ2n) is 5.68. The van der Waals surface area contributed by atoms with E-state index in [0.29, 0.717) is 18.9 Å². The Morgan fingerprint density at radius 3 is 2.39 bits per heavy atom. The van der Waals surface area contributed by atoms with E-state index in [2.05, 4.69) is 6.92 Å². The molecule has 0 N–H and O–H groups in total. The molecule has 104 valence electrons. The van der Waals surface area contributed by atoms with Crippen LogP contribution in [0.4, 0.5) is 4.79 Å². The molecule has 2 atom stereocenters. The van der Waals surface area contributed by atoms with Gasteiger partial charge in [-0.3, -0.25) is 4.90 Å². The van der Waals surface area contributed by atoms with E-state index in [1.165, 1.54) is 12.0 Å². The van der Waals surface area contributed by atoms with Crippen LogP contribution in [0.3, 0.4) is 0 Å². The molecule has 5 heteroatoms. The van der Waals surface area contributed by atoms with Gasteiger partial charge in [0, 0.05) is 6.54 Å². The molecule has 1 rings (SSSR count). The van der Waals surface area contributed by atoms with Crippen LogP contribution >= 0.6 is 0 Å². The molecule has 1 aliphatic heterocycles. The molecule has 0 aliphatic carbocycles. The number of rotatable bonds is 2.